The van der Waals surface area contributed by atoms with Crippen molar-refractivity contribution in [3.8, 4) is 28.9 Å². The van der Waals surface area contributed by atoms with E-state index in [1.165, 1.54) is 31.4 Å². The maximum Gasteiger partial charge on any atom is 0.318 e. The number of anilines is 1. The molecule has 0 radical (unpaired) electrons. The van der Waals surface area contributed by atoms with Crippen molar-refractivity contribution in [1.29, 1.82) is 0 Å². The maximum absolute atomic E-state index is 16.4. The molecule has 5 rings (SSSR count). The van der Waals surface area contributed by atoms with E-state index in [-0.39, 0.29) is 78.2 Å². The third-order valence-corrected chi connectivity index (χ3v) is 6.84. The molecular formula is C27H27F2N5O5. The van der Waals surface area contributed by atoms with Gasteiger partial charge < -0.3 is 30.3 Å². The van der Waals surface area contributed by atoms with E-state index in [4.69, 9.17) is 15.2 Å². The molecule has 0 fully saturated rings. The van der Waals surface area contributed by atoms with Gasteiger partial charge >= 0.3 is 6.01 Å². The van der Waals surface area contributed by atoms with Crippen molar-refractivity contribution in [3.05, 3.63) is 41.5 Å². The number of halogens is 2. The number of nitrogens with two attached hydrogens (primary N) is 1. The molecule has 0 spiro atoms. The minimum absolute atomic E-state index is 0.00881. The van der Waals surface area contributed by atoms with E-state index in [0.29, 0.717) is 22.8 Å². The third-order valence-electron chi connectivity index (χ3n) is 6.84. The van der Waals surface area contributed by atoms with Gasteiger partial charge in [-0.1, -0.05) is 13.0 Å². The summed E-state index contributed by atoms with van der Waals surface area (Å²) < 4.78 is 42.6. The molecule has 2 aromatic carbocycles. The Labute approximate surface area is 222 Å². The molecule has 39 heavy (non-hydrogen) atoms. The average Bonchev–Trinajstić information content (AvgIpc) is 3.06. The number of nitrogens with zero attached hydrogens (tertiary/aromatic N) is 4. The van der Waals surface area contributed by atoms with Crippen LogP contribution in [0.1, 0.15) is 25.3 Å². The van der Waals surface area contributed by atoms with Crippen LogP contribution in [0.2, 0.25) is 0 Å². The summed E-state index contributed by atoms with van der Waals surface area (Å²) in [6.07, 6.45) is 0.545. The maximum atomic E-state index is 16.4. The summed E-state index contributed by atoms with van der Waals surface area (Å²) in [6, 6.07) is 5.01. The van der Waals surface area contributed by atoms with Gasteiger partial charge in [0.2, 0.25) is 11.8 Å². The predicted octanol–water partition coefficient (Wildman–Crippen LogP) is 3.23. The number of phenolic OH excluding ortho intramolecular Hbond substituents is 1. The number of aromatic nitrogens is 3. The van der Waals surface area contributed by atoms with Gasteiger partial charge in [0, 0.05) is 25.1 Å². The quantitative estimate of drug-likeness (QED) is 0.307. The highest BCUT2D eigenvalue weighted by atomic mass is 19.1. The van der Waals surface area contributed by atoms with Crippen molar-refractivity contribution >= 4 is 33.4 Å². The summed E-state index contributed by atoms with van der Waals surface area (Å²) in [5, 5.41) is 21.2. The number of aromatic hydroxyl groups is 1. The monoisotopic (exact) mass is 539 g/mol. The molecule has 0 aliphatic carbocycles. The third kappa shape index (κ3) is 4.60. The lowest BCUT2D eigenvalue weighted by Gasteiger charge is -2.30. The number of carbonyl (C=O) groups is 1. The molecule has 12 heteroatoms. The standard InChI is InChI=1S/C27H27F2N5O5/c1-3-16-18(28)5-4-13-10-15(36)11-17(20(13)16)23-22(29)24-21-25(33-27(32-24)38-2)34(8-6-19(30)37)14(7-9-35)12-39-26(21)31-23/h4-5,10-11,14,35-36H,3,6-9,12H2,1-2H3,(H2,30,37)/t14-/m0/s1. The van der Waals surface area contributed by atoms with Crippen LogP contribution in [0.3, 0.4) is 0 Å². The van der Waals surface area contributed by atoms with Crippen LogP contribution in [0.4, 0.5) is 14.6 Å². The fourth-order valence-electron chi connectivity index (χ4n) is 5.06. The number of rotatable bonds is 8. The van der Waals surface area contributed by atoms with Crippen LogP contribution in [0.5, 0.6) is 17.6 Å². The van der Waals surface area contributed by atoms with E-state index in [0.717, 1.165) is 0 Å². The molecule has 0 unspecified atom stereocenters. The van der Waals surface area contributed by atoms with Gasteiger partial charge in [0.1, 0.15) is 40.6 Å². The molecule has 4 N–H and O–H groups in total. The number of carbonyl (C=O) groups excluding carboxylic acids is 1. The molecule has 1 aliphatic rings. The molecule has 1 aliphatic heterocycles. The van der Waals surface area contributed by atoms with E-state index < -0.39 is 23.6 Å². The van der Waals surface area contributed by atoms with Crippen LogP contribution < -0.4 is 20.1 Å². The highest BCUT2D eigenvalue weighted by Gasteiger charge is 2.33. The molecule has 204 valence electrons. The number of benzene rings is 2. The number of methoxy groups -OCH3 is 1. The van der Waals surface area contributed by atoms with E-state index >= 15 is 4.39 Å². The predicted molar refractivity (Wildman–Crippen MR) is 140 cm³/mol. The Morgan fingerprint density at radius 2 is 2.03 bits per heavy atom. The van der Waals surface area contributed by atoms with E-state index in [1.807, 2.05) is 0 Å². The topological polar surface area (TPSA) is 144 Å². The molecular weight excluding hydrogens is 512 g/mol. The van der Waals surface area contributed by atoms with Crippen molar-refractivity contribution in [2.24, 2.45) is 5.73 Å². The summed E-state index contributed by atoms with van der Waals surface area (Å²) in [5.41, 5.74) is 5.54. The van der Waals surface area contributed by atoms with Gasteiger partial charge in [0.15, 0.2) is 5.82 Å². The SMILES string of the molecule is CCc1c(F)ccc2cc(O)cc(-c3nc4c5c(nc(OC)nc5c3F)N(CCC(N)=O)[C@@H](CCO)CO4)c12. The van der Waals surface area contributed by atoms with Gasteiger partial charge in [-0.2, -0.15) is 9.97 Å². The summed E-state index contributed by atoms with van der Waals surface area (Å²) in [5.74, 6) is -1.79. The summed E-state index contributed by atoms with van der Waals surface area (Å²) in [7, 11) is 1.33. The largest absolute Gasteiger partial charge is 0.508 e. The van der Waals surface area contributed by atoms with Crippen molar-refractivity contribution in [2.45, 2.75) is 32.2 Å². The number of hydrogen-bond donors (Lipinski definition) is 3. The summed E-state index contributed by atoms with van der Waals surface area (Å²) in [6.45, 7) is 1.75. The van der Waals surface area contributed by atoms with Crippen molar-refractivity contribution in [2.75, 3.05) is 31.8 Å². The highest BCUT2D eigenvalue weighted by Crippen LogP contribution is 2.43. The summed E-state index contributed by atoms with van der Waals surface area (Å²) >= 11 is 0. The molecule has 0 saturated carbocycles. The minimum Gasteiger partial charge on any atom is -0.508 e. The van der Waals surface area contributed by atoms with Gasteiger partial charge in [0.25, 0.3) is 0 Å². The molecule has 0 saturated heterocycles. The van der Waals surface area contributed by atoms with E-state index in [9.17, 15) is 19.4 Å². The Balaban J connectivity index is 1.84. The van der Waals surface area contributed by atoms with Crippen molar-refractivity contribution < 1.29 is 33.3 Å². The van der Waals surface area contributed by atoms with Gasteiger partial charge in [-0.3, -0.25) is 4.79 Å². The number of aliphatic hydroxyl groups excluding tert-OH is 1. The second-order valence-corrected chi connectivity index (χ2v) is 9.19. The summed E-state index contributed by atoms with van der Waals surface area (Å²) in [4.78, 5) is 26.5. The Bertz CT molecular complexity index is 1600. The zero-order valence-electron chi connectivity index (χ0n) is 21.4. The normalized spacial score (nSPS) is 14.9. The zero-order chi connectivity index (χ0) is 27.8. The van der Waals surface area contributed by atoms with Crippen LogP contribution >= 0.6 is 0 Å². The number of aryl methyl sites for hydroxylation is 1. The van der Waals surface area contributed by atoms with Gasteiger partial charge in [-0.25, -0.2) is 13.8 Å². The lowest BCUT2D eigenvalue weighted by Crippen LogP contribution is -2.41. The van der Waals surface area contributed by atoms with Crippen LogP contribution in [0.25, 0.3) is 32.9 Å². The first kappa shape index (κ1) is 26.3. The van der Waals surface area contributed by atoms with Crippen molar-refractivity contribution in [1.82, 2.24) is 15.0 Å². The van der Waals surface area contributed by atoms with Gasteiger partial charge in [-0.05, 0) is 47.4 Å². The molecule has 0 bridgehead atoms. The van der Waals surface area contributed by atoms with Crippen LogP contribution in [0, 0.1) is 11.6 Å². The molecule has 3 heterocycles. The van der Waals surface area contributed by atoms with Gasteiger partial charge in [0.05, 0.1) is 13.2 Å². The Morgan fingerprint density at radius 3 is 2.72 bits per heavy atom. The molecule has 10 nitrogen and oxygen atoms in total. The lowest BCUT2D eigenvalue weighted by atomic mass is 9.94. The Morgan fingerprint density at radius 1 is 1.23 bits per heavy atom. The molecule has 1 atom stereocenters. The Hall–Kier alpha value is -4.32. The first-order valence-corrected chi connectivity index (χ1v) is 12.5. The number of pyridine rings is 1. The lowest BCUT2D eigenvalue weighted by molar-refractivity contribution is -0.117. The Kier molecular flexibility index (Phi) is 7.04. The highest BCUT2D eigenvalue weighted by molar-refractivity contribution is 6.03. The van der Waals surface area contributed by atoms with Gasteiger partial charge in [-0.15, -0.1) is 0 Å². The second-order valence-electron chi connectivity index (χ2n) is 9.19. The number of hydrogen-bond acceptors (Lipinski definition) is 9. The van der Waals surface area contributed by atoms with Crippen LogP contribution in [-0.2, 0) is 11.2 Å². The van der Waals surface area contributed by atoms with E-state index in [1.54, 1.807) is 11.8 Å². The molecule has 2 aromatic heterocycles. The first-order chi connectivity index (χ1) is 18.8. The molecule has 1 amide bonds. The fraction of sp³-hybridized carbons (Fsp3) is 0.333. The average molecular weight is 540 g/mol. The number of ether oxygens (including phenoxy) is 2. The number of amides is 1. The number of fused-ring (bicyclic) bond motifs is 1. The first-order valence-electron chi connectivity index (χ1n) is 12.5. The number of phenols is 1. The fourth-order valence-corrected chi connectivity index (χ4v) is 5.06. The number of aliphatic hydroxyl groups is 1. The number of primary amides is 1. The van der Waals surface area contributed by atoms with Crippen LogP contribution in [0.15, 0.2) is 24.3 Å². The van der Waals surface area contributed by atoms with Crippen LogP contribution in [-0.4, -0.2) is 64.0 Å². The van der Waals surface area contributed by atoms with Crippen molar-refractivity contribution in [3.63, 3.8) is 0 Å². The smallest absolute Gasteiger partial charge is 0.318 e. The zero-order valence-corrected chi connectivity index (χ0v) is 21.4. The molecule has 4 aromatic rings. The second kappa shape index (κ2) is 10.4. The van der Waals surface area contributed by atoms with E-state index in [2.05, 4.69) is 15.0 Å². The minimum atomic E-state index is -0.854.